The first-order chi connectivity index (χ1) is 13.3. The molecule has 0 saturated carbocycles. The Morgan fingerprint density at radius 3 is 2.74 bits per heavy atom. The first-order valence-corrected chi connectivity index (χ1v) is 9.16. The normalized spacial score (nSPS) is 17.7. The number of fused-ring (bicyclic) bond motifs is 1. The van der Waals surface area contributed by atoms with E-state index in [2.05, 4.69) is 44.5 Å². The highest BCUT2D eigenvalue weighted by atomic mass is 16.5. The van der Waals surface area contributed by atoms with Gasteiger partial charge in [-0.1, -0.05) is 42.5 Å². The molecule has 2 aromatic carbocycles. The van der Waals surface area contributed by atoms with E-state index in [-0.39, 0.29) is 12.0 Å². The van der Waals surface area contributed by atoms with Crippen molar-refractivity contribution in [2.24, 2.45) is 0 Å². The summed E-state index contributed by atoms with van der Waals surface area (Å²) >= 11 is 0. The van der Waals surface area contributed by atoms with Crippen LogP contribution in [-0.4, -0.2) is 53.1 Å². The van der Waals surface area contributed by atoms with Gasteiger partial charge in [0.25, 0.3) is 5.91 Å². The molecule has 1 atom stereocenters. The Kier molecular flexibility index (Phi) is 5.37. The van der Waals surface area contributed by atoms with Gasteiger partial charge in [-0.3, -0.25) is 14.7 Å². The smallest absolute Gasteiger partial charge is 0.271 e. The Labute approximate surface area is 158 Å². The zero-order valence-corrected chi connectivity index (χ0v) is 15.0. The first kappa shape index (κ1) is 17.6. The van der Waals surface area contributed by atoms with Crippen molar-refractivity contribution in [3.8, 4) is 0 Å². The Hall–Kier alpha value is -2.83. The van der Waals surface area contributed by atoms with Crippen molar-refractivity contribution in [1.82, 2.24) is 20.2 Å². The van der Waals surface area contributed by atoms with Crippen LogP contribution in [0.2, 0.25) is 0 Å². The third-order valence-corrected chi connectivity index (χ3v) is 4.64. The molecule has 6 nitrogen and oxygen atoms in total. The maximum Gasteiger partial charge on any atom is 0.271 e. The van der Waals surface area contributed by atoms with E-state index >= 15 is 0 Å². The topological polar surface area (TPSA) is 67.4 Å². The fraction of sp³-hybridized carbons (Fsp3) is 0.286. The number of carbonyl (C=O) groups excluding carboxylic acids is 1. The standard InChI is InChI=1S/C21H22N4O2/c26-21(20-13-22-18-8-4-5-9-19(18)24-20)23-12-17-15-25(10-11-27-17)14-16-6-2-1-3-7-16/h1-9,13,17H,10-12,14-15H2,(H,23,26). The predicted octanol–water partition coefficient (Wildman–Crippen LogP) is 2.26. The molecule has 138 valence electrons. The molecule has 0 bridgehead atoms. The van der Waals surface area contributed by atoms with E-state index in [1.165, 1.54) is 11.8 Å². The lowest BCUT2D eigenvalue weighted by Gasteiger charge is -2.33. The van der Waals surface area contributed by atoms with Gasteiger partial charge in [-0.2, -0.15) is 0 Å². The summed E-state index contributed by atoms with van der Waals surface area (Å²) in [5.74, 6) is -0.225. The molecule has 1 N–H and O–H groups in total. The highest BCUT2D eigenvalue weighted by Gasteiger charge is 2.21. The SMILES string of the molecule is O=C(NCC1CN(Cc2ccccc2)CCO1)c1cnc2ccccc2n1. The molecule has 1 amide bonds. The van der Waals surface area contributed by atoms with E-state index in [4.69, 9.17) is 4.74 Å². The van der Waals surface area contributed by atoms with Crippen molar-refractivity contribution in [3.05, 3.63) is 72.1 Å². The third-order valence-electron chi connectivity index (χ3n) is 4.64. The number of para-hydroxylation sites is 2. The van der Waals surface area contributed by atoms with Crippen LogP contribution in [0.15, 0.2) is 60.8 Å². The first-order valence-electron chi connectivity index (χ1n) is 9.16. The summed E-state index contributed by atoms with van der Waals surface area (Å²) in [4.78, 5) is 23.5. The van der Waals surface area contributed by atoms with E-state index in [0.717, 1.165) is 25.2 Å². The van der Waals surface area contributed by atoms with Crippen molar-refractivity contribution in [2.75, 3.05) is 26.2 Å². The Morgan fingerprint density at radius 2 is 1.89 bits per heavy atom. The van der Waals surface area contributed by atoms with Crippen LogP contribution < -0.4 is 5.32 Å². The van der Waals surface area contributed by atoms with Crippen LogP contribution in [0.5, 0.6) is 0 Å². The van der Waals surface area contributed by atoms with Gasteiger partial charge >= 0.3 is 0 Å². The summed E-state index contributed by atoms with van der Waals surface area (Å²) in [5, 5.41) is 2.92. The largest absolute Gasteiger partial charge is 0.374 e. The summed E-state index contributed by atoms with van der Waals surface area (Å²) < 4.78 is 5.81. The molecule has 6 heteroatoms. The number of nitrogens with one attached hydrogen (secondary N) is 1. The monoisotopic (exact) mass is 362 g/mol. The summed E-state index contributed by atoms with van der Waals surface area (Å²) in [7, 11) is 0. The summed E-state index contributed by atoms with van der Waals surface area (Å²) in [6.07, 6.45) is 1.49. The van der Waals surface area contributed by atoms with E-state index in [9.17, 15) is 4.79 Å². The minimum absolute atomic E-state index is 0.0279. The van der Waals surface area contributed by atoms with Crippen LogP contribution in [0.3, 0.4) is 0 Å². The van der Waals surface area contributed by atoms with Crippen molar-refractivity contribution >= 4 is 16.9 Å². The van der Waals surface area contributed by atoms with Gasteiger partial charge in [0.1, 0.15) is 5.69 Å². The second-order valence-electron chi connectivity index (χ2n) is 6.67. The van der Waals surface area contributed by atoms with Gasteiger partial charge in [0.15, 0.2) is 0 Å². The van der Waals surface area contributed by atoms with Gasteiger partial charge < -0.3 is 10.1 Å². The second-order valence-corrected chi connectivity index (χ2v) is 6.67. The van der Waals surface area contributed by atoms with E-state index in [1.807, 2.05) is 30.3 Å². The van der Waals surface area contributed by atoms with Gasteiger partial charge in [-0.05, 0) is 17.7 Å². The molecule has 0 aliphatic carbocycles. The number of hydrogen-bond donors (Lipinski definition) is 1. The zero-order chi connectivity index (χ0) is 18.5. The molecule has 0 radical (unpaired) electrons. The molecule has 1 aliphatic heterocycles. The fourth-order valence-corrected chi connectivity index (χ4v) is 3.25. The minimum atomic E-state index is -0.225. The lowest BCUT2D eigenvalue weighted by Crippen LogP contribution is -2.47. The number of ether oxygens (including phenoxy) is 1. The Morgan fingerprint density at radius 1 is 1.11 bits per heavy atom. The van der Waals surface area contributed by atoms with Gasteiger partial charge in [0.05, 0.1) is 29.9 Å². The van der Waals surface area contributed by atoms with Gasteiger partial charge in [-0.25, -0.2) is 4.98 Å². The molecule has 3 aromatic rings. The average Bonchev–Trinajstić information content (AvgIpc) is 2.73. The predicted molar refractivity (Wildman–Crippen MR) is 103 cm³/mol. The molecule has 1 aromatic heterocycles. The molecular formula is C21H22N4O2. The summed E-state index contributed by atoms with van der Waals surface area (Å²) in [5.41, 5.74) is 3.11. The zero-order valence-electron chi connectivity index (χ0n) is 15.0. The molecule has 4 rings (SSSR count). The second kappa shape index (κ2) is 8.24. The fourth-order valence-electron chi connectivity index (χ4n) is 3.25. The minimum Gasteiger partial charge on any atom is -0.374 e. The van der Waals surface area contributed by atoms with Gasteiger partial charge in [-0.15, -0.1) is 0 Å². The van der Waals surface area contributed by atoms with Crippen LogP contribution >= 0.6 is 0 Å². The molecular weight excluding hydrogens is 340 g/mol. The summed E-state index contributed by atoms with van der Waals surface area (Å²) in [6.45, 7) is 3.71. The third kappa shape index (κ3) is 4.48. The number of amides is 1. The van der Waals surface area contributed by atoms with Crippen LogP contribution in [0.1, 0.15) is 16.1 Å². The van der Waals surface area contributed by atoms with Crippen molar-refractivity contribution in [1.29, 1.82) is 0 Å². The van der Waals surface area contributed by atoms with E-state index in [1.54, 1.807) is 0 Å². The van der Waals surface area contributed by atoms with Crippen LogP contribution in [0.4, 0.5) is 0 Å². The maximum absolute atomic E-state index is 12.4. The molecule has 0 spiro atoms. The summed E-state index contributed by atoms with van der Waals surface area (Å²) in [6, 6.07) is 17.9. The number of aromatic nitrogens is 2. The van der Waals surface area contributed by atoms with E-state index in [0.29, 0.717) is 24.4 Å². The number of nitrogens with zero attached hydrogens (tertiary/aromatic N) is 3. The maximum atomic E-state index is 12.4. The molecule has 1 saturated heterocycles. The van der Waals surface area contributed by atoms with E-state index < -0.39 is 0 Å². The van der Waals surface area contributed by atoms with Crippen LogP contribution in [-0.2, 0) is 11.3 Å². The molecule has 27 heavy (non-hydrogen) atoms. The number of hydrogen-bond acceptors (Lipinski definition) is 5. The number of carbonyl (C=O) groups is 1. The molecule has 1 unspecified atom stereocenters. The number of morpholine rings is 1. The molecule has 1 aliphatic rings. The highest BCUT2D eigenvalue weighted by Crippen LogP contribution is 2.11. The van der Waals surface area contributed by atoms with Crippen LogP contribution in [0.25, 0.3) is 11.0 Å². The van der Waals surface area contributed by atoms with Crippen molar-refractivity contribution < 1.29 is 9.53 Å². The molecule has 1 fully saturated rings. The van der Waals surface area contributed by atoms with Crippen molar-refractivity contribution in [2.45, 2.75) is 12.6 Å². The highest BCUT2D eigenvalue weighted by molar-refractivity contribution is 5.93. The van der Waals surface area contributed by atoms with Crippen LogP contribution in [0, 0.1) is 0 Å². The average molecular weight is 362 g/mol. The number of rotatable bonds is 5. The lowest BCUT2D eigenvalue weighted by atomic mass is 10.2. The molecule has 2 heterocycles. The Bertz CT molecular complexity index is 916. The van der Waals surface area contributed by atoms with Gasteiger partial charge in [0.2, 0.25) is 0 Å². The van der Waals surface area contributed by atoms with Gasteiger partial charge in [0, 0.05) is 26.2 Å². The Balaban J connectivity index is 1.32. The van der Waals surface area contributed by atoms with Crippen molar-refractivity contribution in [3.63, 3.8) is 0 Å². The quantitative estimate of drug-likeness (QED) is 0.754. The lowest BCUT2D eigenvalue weighted by molar-refractivity contribution is -0.0292. The number of benzene rings is 2.